The Morgan fingerprint density at radius 3 is 2.67 bits per heavy atom. The molecule has 0 unspecified atom stereocenters. The number of nitrogens with zero attached hydrogens (tertiary/aromatic N) is 2. The molecule has 1 aromatic heterocycles. The summed E-state index contributed by atoms with van der Waals surface area (Å²) in [6.07, 6.45) is 0. The zero-order valence-corrected chi connectivity index (χ0v) is 20.8. The molecule has 2 heterocycles. The van der Waals surface area contributed by atoms with Crippen molar-refractivity contribution in [2.75, 3.05) is 38.9 Å². The standard InChI is InChI=1S/C22H22ClN3O9S/c1-30-11-19-24-21(26-36(28,29)14-4-6-16-18(10-14)34-12-33-16)20(22(25-19)32-8-7-27)35-17-9-13(31-2)3-5-15(17)23/h3-6,9-10,27H,7-8,11-12H2,1-2H3,(H,24,25,26). The largest absolute Gasteiger partial charge is 0.497 e. The van der Waals surface area contributed by atoms with Gasteiger partial charge in [-0.2, -0.15) is 4.98 Å². The van der Waals surface area contributed by atoms with Gasteiger partial charge in [0.05, 0.1) is 23.6 Å². The molecule has 14 heteroatoms. The molecule has 2 N–H and O–H groups in total. The fraction of sp³-hybridized carbons (Fsp3) is 0.273. The normalized spacial score (nSPS) is 12.3. The van der Waals surface area contributed by atoms with Crippen LogP contribution < -0.4 is 28.4 Å². The highest BCUT2D eigenvalue weighted by Gasteiger charge is 2.26. The third-order valence-corrected chi connectivity index (χ3v) is 6.37. The van der Waals surface area contributed by atoms with Crippen molar-refractivity contribution in [1.29, 1.82) is 0 Å². The fourth-order valence-corrected chi connectivity index (χ4v) is 4.27. The number of nitrogens with one attached hydrogen (secondary N) is 1. The van der Waals surface area contributed by atoms with Gasteiger partial charge >= 0.3 is 0 Å². The number of ether oxygens (including phenoxy) is 6. The maximum atomic E-state index is 13.3. The quantitative estimate of drug-likeness (QED) is 0.370. The summed E-state index contributed by atoms with van der Waals surface area (Å²) in [4.78, 5) is 8.39. The molecular formula is C22H22ClN3O9S. The number of sulfonamides is 1. The van der Waals surface area contributed by atoms with Crippen LogP contribution in [0, 0.1) is 0 Å². The lowest BCUT2D eigenvalue weighted by atomic mass is 10.3. The van der Waals surface area contributed by atoms with Crippen molar-refractivity contribution in [1.82, 2.24) is 9.97 Å². The summed E-state index contributed by atoms with van der Waals surface area (Å²) < 4.78 is 61.3. The maximum absolute atomic E-state index is 13.3. The Balaban J connectivity index is 1.80. The van der Waals surface area contributed by atoms with E-state index in [9.17, 15) is 13.5 Å². The predicted octanol–water partition coefficient (Wildman–Crippen LogP) is 2.98. The Morgan fingerprint density at radius 1 is 1.11 bits per heavy atom. The van der Waals surface area contributed by atoms with E-state index in [2.05, 4.69) is 14.7 Å². The number of hydrogen-bond acceptors (Lipinski definition) is 11. The Kier molecular flexibility index (Phi) is 7.84. The highest BCUT2D eigenvalue weighted by atomic mass is 35.5. The second-order valence-electron chi connectivity index (χ2n) is 7.15. The van der Waals surface area contributed by atoms with Crippen molar-refractivity contribution in [2.24, 2.45) is 0 Å². The number of hydrogen-bond donors (Lipinski definition) is 2. The van der Waals surface area contributed by atoms with E-state index in [1.165, 1.54) is 38.5 Å². The van der Waals surface area contributed by atoms with Crippen LogP contribution in [0.1, 0.15) is 5.82 Å². The van der Waals surface area contributed by atoms with Gasteiger partial charge in [-0.1, -0.05) is 11.6 Å². The molecule has 2 aromatic carbocycles. The van der Waals surface area contributed by atoms with Gasteiger partial charge < -0.3 is 33.5 Å². The smallest absolute Gasteiger partial charge is 0.263 e. The van der Waals surface area contributed by atoms with Gasteiger partial charge in [0.2, 0.25) is 12.5 Å². The van der Waals surface area contributed by atoms with E-state index in [-0.39, 0.29) is 71.3 Å². The van der Waals surface area contributed by atoms with E-state index in [0.717, 1.165) is 0 Å². The average Bonchev–Trinajstić information content (AvgIpc) is 3.33. The van der Waals surface area contributed by atoms with Crippen molar-refractivity contribution in [2.45, 2.75) is 11.5 Å². The first-order chi connectivity index (χ1) is 17.3. The molecule has 3 aromatic rings. The second-order valence-corrected chi connectivity index (χ2v) is 9.24. The molecule has 1 aliphatic heterocycles. The molecular weight excluding hydrogens is 518 g/mol. The van der Waals surface area contributed by atoms with E-state index in [1.54, 1.807) is 12.1 Å². The maximum Gasteiger partial charge on any atom is 0.263 e. The molecule has 4 rings (SSSR count). The monoisotopic (exact) mass is 539 g/mol. The number of aliphatic hydroxyl groups excluding tert-OH is 1. The third-order valence-electron chi connectivity index (χ3n) is 4.72. The van der Waals surface area contributed by atoms with Crippen LogP contribution in [-0.4, -0.2) is 57.7 Å². The van der Waals surface area contributed by atoms with E-state index in [1.807, 2.05) is 0 Å². The van der Waals surface area contributed by atoms with Gasteiger partial charge in [-0.15, -0.1) is 0 Å². The number of rotatable bonds is 11. The van der Waals surface area contributed by atoms with Crippen molar-refractivity contribution >= 4 is 27.4 Å². The Bertz CT molecular complexity index is 1350. The lowest BCUT2D eigenvalue weighted by Gasteiger charge is -2.18. The number of halogens is 1. The Morgan fingerprint density at radius 2 is 1.92 bits per heavy atom. The molecule has 36 heavy (non-hydrogen) atoms. The van der Waals surface area contributed by atoms with Gasteiger partial charge in [-0.3, -0.25) is 4.72 Å². The molecule has 0 bridgehead atoms. The van der Waals surface area contributed by atoms with Crippen LogP contribution in [0.3, 0.4) is 0 Å². The summed E-state index contributed by atoms with van der Waals surface area (Å²) in [6.45, 7) is -0.557. The van der Waals surface area contributed by atoms with Gasteiger partial charge in [0.25, 0.3) is 15.9 Å². The van der Waals surface area contributed by atoms with Crippen LogP contribution in [-0.2, 0) is 21.4 Å². The minimum atomic E-state index is -4.20. The van der Waals surface area contributed by atoms with Gasteiger partial charge in [0.15, 0.2) is 23.1 Å². The van der Waals surface area contributed by atoms with Crippen LogP contribution in [0.25, 0.3) is 0 Å². The minimum Gasteiger partial charge on any atom is -0.497 e. The summed E-state index contributed by atoms with van der Waals surface area (Å²) in [7, 11) is -1.31. The van der Waals surface area contributed by atoms with Gasteiger partial charge in [-0.05, 0) is 24.3 Å². The van der Waals surface area contributed by atoms with Crippen molar-refractivity contribution in [3.05, 3.63) is 47.2 Å². The van der Waals surface area contributed by atoms with Gasteiger partial charge in [0.1, 0.15) is 24.7 Å². The fourth-order valence-electron chi connectivity index (χ4n) is 3.10. The SMILES string of the molecule is COCc1nc(NS(=O)(=O)c2ccc3c(c2)OCO3)c(Oc2cc(OC)ccc2Cl)c(OCCO)n1. The van der Waals surface area contributed by atoms with Crippen LogP contribution >= 0.6 is 11.6 Å². The highest BCUT2D eigenvalue weighted by Crippen LogP contribution is 2.41. The first kappa shape index (κ1) is 25.6. The Hall–Kier alpha value is -3.52. The zero-order valence-electron chi connectivity index (χ0n) is 19.2. The molecule has 0 amide bonds. The van der Waals surface area contributed by atoms with Crippen LogP contribution in [0.15, 0.2) is 41.3 Å². The molecule has 192 valence electrons. The molecule has 1 aliphatic rings. The van der Waals surface area contributed by atoms with Gasteiger partial charge in [-0.25, -0.2) is 13.4 Å². The summed E-state index contributed by atoms with van der Waals surface area (Å²) in [5, 5.41) is 9.47. The first-order valence-electron chi connectivity index (χ1n) is 10.4. The number of aromatic nitrogens is 2. The van der Waals surface area contributed by atoms with Crippen LogP contribution in [0.4, 0.5) is 5.82 Å². The molecule has 0 saturated heterocycles. The molecule has 0 spiro atoms. The van der Waals surface area contributed by atoms with E-state index < -0.39 is 10.0 Å². The summed E-state index contributed by atoms with van der Waals surface area (Å²) in [5.41, 5.74) is 0. The molecule has 0 atom stereocenters. The van der Waals surface area contributed by atoms with Crippen molar-refractivity contribution in [3.8, 4) is 34.6 Å². The molecule has 12 nitrogen and oxygen atoms in total. The number of fused-ring (bicyclic) bond motifs is 1. The Labute approximate surface area is 211 Å². The third kappa shape index (κ3) is 5.65. The molecule has 0 fully saturated rings. The van der Waals surface area contributed by atoms with Gasteiger partial charge in [0, 0.05) is 19.2 Å². The highest BCUT2D eigenvalue weighted by molar-refractivity contribution is 7.92. The minimum absolute atomic E-state index is 0.0105. The van der Waals surface area contributed by atoms with E-state index in [0.29, 0.717) is 11.5 Å². The topological polar surface area (TPSA) is 148 Å². The lowest BCUT2D eigenvalue weighted by molar-refractivity contribution is 0.171. The summed E-state index contributed by atoms with van der Waals surface area (Å²) in [5.74, 6) is 0.778. The second kappa shape index (κ2) is 11.0. The van der Waals surface area contributed by atoms with Crippen molar-refractivity contribution in [3.63, 3.8) is 0 Å². The van der Waals surface area contributed by atoms with E-state index in [4.69, 9.17) is 40.0 Å². The number of benzene rings is 2. The molecule has 0 aliphatic carbocycles. The molecule has 0 saturated carbocycles. The van der Waals surface area contributed by atoms with Crippen molar-refractivity contribution < 1.29 is 41.9 Å². The molecule has 0 radical (unpaired) electrons. The average molecular weight is 540 g/mol. The summed E-state index contributed by atoms with van der Waals surface area (Å²) >= 11 is 6.29. The number of anilines is 1. The van der Waals surface area contributed by atoms with Crippen LogP contribution in [0.2, 0.25) is 5.02 Å². The van der Waals surface area contributed by atoms with E-state index >= 15 is 0 Å². The number of aliphatic hydroxyl groups is 1. The summed E-state index contributed by atoms with van der Waals surface area (Å²) in [6, 6.07) is 8.83. The first-order valence-corrected chi connectivity index (χ1v) is 12.3. The number of methoxy groups -OCH3 is 2. The zero-order chi connectivity index (χ0) is 25.7. The van der Waals surface area contributed by atoms with Crippen LogP contribution in [0.5, 0.6) is 34.6 Å². The lowest BCUT2D eigenvalue weighted by Crippen LogP contribution is -2.17. The predicted molar refractivity (Wildman–Crippen MR) is 127 cm³/mol.